The Morgan fingerprint density at radius 2 is 1.79 bits per heavy atom. The van der Waals surface area contributed by atoms with Crippen LogP contribution < -0.4 is 0 Å². The summed E-state index contributed by atoms with van der Waals surface area (Å²) >= 11 is 0. The molecule has 124 valence electrons. The summed E-state index contributed by atoms with van der Waals surface area (Å²) in [4.78, 5) is 0. The smallest absolute Gasteiger partial charge is 0.0132 e. The van der Waals surface area contributed by atoms with E-state index >= 15 is 0 Å². The van der Waals surface area contributed by atoms with Crippen LogP contribution in [0.15, 0.2) is 42.0 Å². The zero-order valence-electron chi connectivity index (χ0n) is 15.3. The zero-order chi connectivity index (χ0) is 16.5. The molecule has 2 aromatic carbocycles. The van der Waals surface area contributed by atoms with Gasteiger partial charge in [-0.1, -0.05) is 62.8 Å². The van der Waals surface area contributed by atoms with Crippen LogP contribution in [0, 0.1) is 11.3 Å². The molecular weight excluding hydrogens is 288 g/mol. The third-order valence-corrected chi connectivity index (χ3v) is 7.10. The Morgan fingerprint density at radius 1 is 0.958 bits per heavy atom. The first-order chi connectivity index (χ1) is 11.4. The first-order valence-corrected chi connectivity index (χ1v) is 9.67. The number of rotatable bonds is 0. The van der Waals surface area contributed by atoms with Gasteiger partial charge in [-0.25, -0.2) is 0 Å². The van der Waals surface area contributed by atoms with Gasteiger partial charge in [0.25, 0.3) is 0 Å². The molecule has 0 nitrogen and oxygen atoms in total. The van der Waals surface area contributed by atoms with E-state index in [1.54, 1.807) is 16.7 Å². The van der Waals surface area contributed by atoms with Crippen molar-refractivity contribution in [3.05, 3.63) is 58.7 Å². The topological polar surface area (TPSA) is 0 Å². The number of hydrogen-bond acceptors (Lipinski definition) is 0. The Morgan fingerprint density at radius 3 is 2.50 bits per heavy atom. The van der Waals surface area contributed by atoms with Crippen LogP contribution in [0.5, 0.6) is 0 Å². The molecule has 0 aromatic heterocycles. The molecule has 2 bridgehead atoms. The molecule has 1 saturated carbocycles. The van der Waals surface area contributed by atoms with Gasteiger partial charge in [-0.15, -0.1) is 0 Å². The lowest BCUT2D eigenvalue weighted by molar-refractivity contribution is 0.169. The second-order valence-electron chi connectivity index (χ2n) is 9.65. The standard InChI is InChI=1S/C24H28/c1-23(2,3)21-7-5-17-11-18-8-9-24(14-16-4-6-22(24)10-16)15-20(18)12-19(17)13-21/h4-5,7,11-13,22H,6,8-10,14-15H2,1-3H3. The van der Waals surface area contributed by atoms with Crippen LogP contribution in [-0.2, 0) is 18.3 Å². The number of aryl methyl sites for hydroxylation is 1. The van der Waals surface area contributed by atoms with E-state index in [9.17, 15) is 0 Å². The fraction of sp³-hybridized carbons (Fsp3) is 0.500. The number of fused-ring (bicyclic) bond motifs is 5. The van der Waals surface area contributed by atoms with E-state index in [4.69, 9.17) is 0 Å². The van der Waals surface area contributed by atoms with E-state index in [1.165, 1.54) is 54.9 Å². The summed E-state index contributed by atoms with van der Waals surface area (Å²) in [5.41, 5.74) is 7.31. The van der Waals surface area contributed by atoms with Crippen molar-refractivity contribution in [2.75, 3.05) is 0 Å². The van der Waals surface area contributed by atoms with Crippen LogP contribution in [0.2, 0.25) is 0 Å². The van der Waals surface area contributed by atoms with Gasteiger partial charge in [0.1, 0.15) is 0 Å². The summed E-state index contributed by atoms with van der Waals surface area (Å²) < 4.78 is 0. The van der Waals surface area contributed by atoms with Gasteiger partial charge in [0.05, 0.1) is 0 Å². The first-order valence-electron chi connectivity index (χ1n) is 9.67. The predicted molar refractivity (Wildman–Crippen MR) is 103 cm³/mol. The summed E-state index contributed by atoms with van der Waals surface area (Å²) in [6.45, 7) is 6.93. The third-order valence-electron chi connectivity index (χ3n) is 7.10. The van der Waals surface area contributed by atoms with Crippen molar-refractivity contribution in [3.8, 4) is 0 Å². The number of hydrogen-bond donors (Lipinski definition) is 0. The molecule has 24 heavy (non-hydrogen) atoms. The molecule has 0 radical (unpaired) electrons. The Hall–Kier alpha value is -1.56. The highest BCUT2D eigenvalue weighted by molar-refractivity contribution is 5.85. The van der Waals surface area contributed by atoms with Crippen molar-refractivity contribution < 1.29 is 0 Å². The minimum atomic E-state index is 0.225. The lowest BCUT2D eigenvalue weighted by Gasteiger charge is -2.40. The molecule has 0 heterocycles. The minimum Gasteiger partial charge on any atom is -0.0850 e. The van der Waals surface area contributed by atoms with Crippen LogP contribution in [0.1, 0.15) is 63.1 Å². The van der Waals surface area contributed by atoms with Crippen molar-refractivity contribution in [3.63, 3.8) is 0 Å². The van der Waals surface area contributed by atoms with Crippen LogP contribution in [0.25, 0.3) is 10.8 Å². The molecule has 0 saturated heterocycles. The van der Waals surface area contributed by atoms with Crippen molar-refractivity contribution in [2.45, 2.75) is 64.7 Å². The van der Waals surface area contributed by atoms with Gasteiger partial charge < -0.3 is 0 Å². The molecule has 0 N–H and O–H groups in total. The average molecular weight is 316 g/mol. The van der Waals surface area contributed by atoms with Crippen molar-refractivity contribution in [1.29, 1.82) is 0 Å². The van der Waals surface area contributed by atoms with E-state index in [2.05, 4.69) is 57.2 Å². The van der Waals surface area contributed by atoms with E-state index < -0.39 is 0 Å². The van der Waals surface area contributed by atoms with Gasteiger partial charge in [0, 0.05) is 0 Å². The van der Waals surface area contributed by atoms with E-state index in [-0.39, 0.29) is 5.41 Å². The van der Waals surface area contributed by atoms with Gasteiger partial charge in [0.2, 0.25) is 0 Å². The Balaban J connectivity index is 1.58. The normalized spacial score (nSPS) is 28.5. The van der Waals surface area contributed by atoms with Crippen LogP contribution in [0.3, 0.4) is 0 Å². The van der Waals surface area contributed by atoms with Gasteiger partial charge in [-0.2, -0.15) is 0 Å². The number of benzene rings is 2. The maximum Gasteiger partial charge on any atom is -0.0132 e. The van der Waals surface area contributed by atoms with Gasteiger partial charge in [0.15, 0.2) is 0 Å². The third kappa shape index (κ3) is 2.11. The molecule has 5 rings (SSSR count). The maximum atomic E-state index is 2.53. The second kappa shape index (κ2) is 4.75. The van der Waals surface area contributed by atoms with Crippen LogP contribution in [0.4, 0.5) is 0 Å². The van der Waals surface area contributed by atoms with E-state index in [1.807, 2.05) is 0 Å². The van der Waals surface area contributed by atoms with Crippen molar-refractivity contribution in [2.24, 2.45) is 11.3 Å². The molecule has 3 aliphatic carbocycles. The second-order valence-corrected chi connectivity index (χ2v) is 9.65. The Bertz CT molecular complexity index is 861. The number of allylic oxidation sites excluding steroid dienone is 2. The monoisotopic (exact) mass is 316 g/mol. The quantitative estimate of drug-likeness (QED) is 0.497. The molecule has 3 aliphatic rings. The molecule has 1 spiro atoms. The van der Waals surface area contributed by atoms with Crippen LogP contribution >= 0.6 is 0 Å². The largest absolute Gasteiger partial charge is 0.0850 e. The van der Waals surface area contributed by atoms with Gasteiger partial charge in [-0.05, 0) is 82.7 Å². The molecule has 2 aromatic rings. The average Bonchev–Trinajstić information content (AvgIpc) is 3.12. The fourth-order valence-electron chi connectivity index (χ4n) is 5.61. The summed E-state index contributed by atoms with van der Waals surface area (Å²) in [7, 11) is 0. The minimum absolute atomic E-state index is 0.225. The highest BCUT2D eigenvalue weighted by Gasteiger charge is 2.48. The Kier molecular flexibility index (Phi) is 2.92. The predicted octanol–water partition coefficient (Wildman–Crippen LogP) is 6.35. The van der Waals surface area contributed by atoms with Crippen molar-refractivity contribution >= 4 is 10.8 Å². The van der Waals surface area contributed by atoms with Crippen LogP contribution in [-0.4, -0.2) is 0 Å². The molecule has 1 fully saturated rings. The molecule has 2 atom stereocenters. The lowest BCUT2D eigenvalue weighted by Crippen LogP contribution is -2.33. The highest BCUT2D eigenvalue weighted by Crippen LogP contribution is 2.58. The van der Waals surface area contributed by atoms with Gasteiger partial charge >= 0.3 is 0 Å². The molecule has 0 amide bonds. The fourth-order valence-corrected chi connectivity index (χ4v) is 5.61. The molecule has 0 aliphatic heterocycles. The SMILES string of the molecule is CC(C)(C)c1ccc2cc3c(cc2c1)CC1(CC3)CC2=CCC1C2. The summed E-state index contributed by atoms with van der Waals surface area (Å²) in [6.07, 6.45) is 10.7. The van der Waals surface area contributed by atoms with E-state index in [0.717, 1.165) is 5.92 Å². The first kappa shape index (κ1) is 14.8. The van der Waals surface area contributed by atoms with E-state index in [0.29, 0.717) is 5.41 Å². The van der Waals surface area contributed by atoms with Crippen molar-refractivity contribution in [1.82, 2.24) is 0 Å². The zero-order valence-corrected chi connectivity index (χ0v) is 15.3. The molecule has 2 unspecified atom stereocenters. The highest BCUT2D eigenvalue weighted by atomic mass is 14.5. The summed E-state index contributed by atoms with van der Waals surface area (Å²) in [5, 5.41) is 2.87. The maximum absolute atomic E-state index is 2.53. The summed E-state index contributed by atoms with van der Waals surface area (Å²) in [6, 6.07) is 12.1. The van der Waals surface area contributed by atoms with Gasteiger partial charge in [-0.3, -0.25) is 0 Å². The summed E-state index contributed by atoms with van der Waals surface area (Å²) in [5.74, 6) is 0.942. The Labute approximate surface area is 146 Å². The molecule has 0 heteroatoms. The lowest BCUT2D eigenvalue weighted by atomic mass is 9.64. The molecular formula is C24H28.